The van der Waals surface area contributed by atoms with E-state index in [1.54, 1.807) is 0 Å². The molecule has 0 aliphatic carbocycles. The molecule has 2 aromatic carbocycles. The summed E-state index contributed by atoms with van der Waals surface area (Å²) in [5.41, 5.74) is 1.41. The third-order valence-electron chi connectivity index (χ3n) is 4.46. The molecule has 1 N–H and O–H groups in total. The lowest BCUT2D eigenvalue weighted by molar-refractivity contribution is 0.000857. The Balaban J connectivity index is 1.56. The summed E-state index contributed by atoms with van der Waals surface area (Å²) in [5, 5.41) is 11.5. The van der Waals surface area contributed by atoms with E-state index in [2.05, 4.69) is 47.4 Å². The lowest BCUT2D eigenvalue weighted by Gasteiger charge is -2.32. The Morgan fingerprint density at radius 1 is 1.05 bits per heavy atom. The molecule has 3 nitrogen and oxygen atoms in total. The van der Waals surface area contributed by atoms with Gasteiger partial charge in [-0.05, 0) is 35.6 Å². The van der Waals surface area contributed by atoms with E-state index >= 15 is 0 Å². The van der Waals surface area contributed by atoms with Crippen LogP contribution in [0.4, 0.5) is 0 Å². The van der Waals surface area contributed by atoms with Crippen LogP contribution in [0.2, 0.25) is 0 Å². The molecule has 1 aliphatic heterocycles. The van der Waals surface area contributed by atoms with Gasteiger partial charge < -0.3 is 9.84 Å². The second-order valence-electron chi connectivity index (χ2n) is 6.06. The van der Waals surface area contributed by atoms with Crippen LogP contribution in [-0.4, -0.2) is 42.4 Å². The van der Waals surface area contributed by atoms with Crippen LogP contribution in [0.15, 0.2) is 42.5 Å². The van der Waals surface area contributed by atoms with Crippen molar-refractivity contribution in [1.29, 1.82) is 0 Å². The number of benzene rings is 2. The molecule has 0 aromatic heterocycles. The maximum absolute atomic E-state index is 8.80. The number of hydrogen-bond donors (Lipinski definition) is 1. The largest absolute Gasteiger partial charge is 0.396 e. The van der Waals surface area contributed by atoms with Crippen molar-refractivity contribution in [1.82, 2.24) is 4.90 Å². The zero-order chi connectivity index (χ0) is 15.2. The van der Waals surface area contributed by atoms with Gasteiger partial charge in [-0.1, -0.05) is 42.5 Å². The van der Waals surface area contributed by atoms with Gasteiger partial charge in [0.2, 0.25) is 0 Å². The van der Waals surface area contributed by atoms with Crippen molar-refractivity contribution in [3.8, 4) is 0 Å². The molecular formula is C19H25NO2. The first-order valence-corrected chi connectivity index (χ1v) is 8.28. The third-order valence-corrected chi connectivity index (χ3v) is 4.46. The van der Waals surface area contributed by atoms with E-state index in [1.165, 1.54) is 16.3 Å². The molecule has 0 saturated carbocycles. The van der Waals surface area contributed by atoms with Gasteiger partial charge in [-0.15, -0.1) is 0 Å². The summed E-state index contributed by atoms with van der Waals surface area (Å²) in [6.45, 7) is 4.11. The van der Waals surface area contributed by atoms with Gasteiger partial charge in [-0.25, -0.2) is 0 Å². The molecule has 0 radical (unpaired) electrons. The number of fused-ring (bicyclic) bond motifs is 1. The first-order valence-electron chi connectivity index (χ1n) is 8.28. The second-order valence-corrected chi connectivity index (χ2v) is 6.06. The van der Waals surface area contributed by atoms with Crippen molar-refractivity contribution in [2.45, 2.75) is 31.9 Å². The van der Waals surface area contributed by atoms with Crippen molar-refractivity contribution in [3.63, 3.8) is 0 Å². The molecule has 0 amide bonds. The normalized spacial score (nSPS) is 17.1. The Hall–Kier alpha value is -1.42. The van der Waals surface area contributed by atoms with E-state index in [1.807, 2.05) is 0 Å². The summed E-state index contributed by atoms with van der Waals surface area (Å²) in [5.74, 6) is 0. The summed E-state index contributed by atoms with van der Waals surface area (Å²) in [7, 11) is 0. The quantitative estimate of drug-likeness (QED) is 0.831. The molecule has 0 atom stereocenters. The minimum Gasteiger partial charge on any atom is -0.396 e. The highest BCUT2D eigenvalue weighted by Gasteiger charge is 2.19. The van der Waals surface area contributed by atoms with Crippen LogP contribution in [-0.2, 0) is 11.3 Å². The van der Waals surface area contributed by atoms with Gasteiger partial charge in [0.25, 0.3) is 0 Å². The van der Waals surface area contributed by atoms with Crippen LogP contribution in [0, 0.1) is 0 Å². The van der Waals surface area contributed by atoms with Gasteiger partial charge in [0, 0.05) is 32.8 Å². The standard InChI is InChI=1S/C19H25NO2/c21-13-4-14-22-18-9-11-20(12-10-18)15-17-7-3-6-16-5-1-2-8-19(16)17/h1-3,5-8,18,21H,4,9-15H2. The Morgan fingerprint density at radius 3 is 2.64 bits per heavy atom. The van der Waals surface area contributed by atoms with Crippen LogP contribution >= 0.6 is 0 Å². The average molecular weight is 299 g/mol. The fourth-order valence-electron chi connectivity index (χ4n) is 3.22. The number of nitrogens with zero attached hydrogens (tertiary/aromatic N) is 1. The van der Waals surface area contributed by atoms with E-state index in [-0.39, 0.29) is 6.61 Å². The predicted octanol–water partition coefficient (Wildman–Crippen LogP) is 3.20. The van der Waals surface area contributed by atoms with Gasteiger partial charge in [-0.2, -0.15) is 0 Å². The zero-order valence-electron chi connectivity index (χ0n) is 13.1. The summed E-state index contributed by atoms with van der Waals surface area (Å²) in [6, 6.07) is 15.2. The van der Waals surface area contributed by atoms with E-state index in [4.69, 9.17) is 9.84 Å². The molecule has 3 heteroatoms. The van der Waals surface area contributed by atoms with Crippen molar-refractivity contribution in [2.24, 2.45) is 0 Å². The molecule has 22 heavy (non-hydrogen) atoms. The molecule has 0 spiro atoms. The maximum Gasteiger partial charge on any atom is 0.0599 e. The van der Waals surface area contributed by atoms with Gasteiger partial charge in [0.1, 0.15) is 0 Å². The zero-order valence-corrected chi connectivity index (χ0v) is 13.1. The summed E-state index contributed by atoms with van der Waals surface area (Å²) >= 11 is 0. The Bertz CT molecular complexity index is 586. The number of piperidine rings is 1. The highest BCUT2D eigenvalue weighted by molar-refractivity contribution is 5.85. The lowest BCUT2D eigenvalue weighted by atomic mass is 10.0. The van der Waals surface area contributed by atoms with E-state index in [0.29, 0.717) is 12.7 Å². The van der Waals surface area contributed by atoms with Gasteiger partial charge in [0.05, 0.1) is 6.10 Å². The monoisotopic (exact) mass is 299 g/mol. The molecule has 1 fully saturated rings. The van der Waals surface area contributed by atoms with Crippen molar-refractivity contribution < 1.29 is 9.84 Å². The second kappa shape index (κ2) is 7.73. The predicted molar refractivity (Wildman–Crippen MR) is 89.9 cm³/mol. The van der Waals surface area contributed by atoms with Crippen molar-refractivity contribution in [2.75, 3.05) is 26.3 Å². The Labute approximate surface area is 132 Å². The number of aliphatic hydroxyl groups is 1. The minimum atomic E-state index is 0.222. The molecule has 118 valence electrons. The highest BCUT2D eigenvalue weighted by atomic mass is 16.5. The number of likely N-dealkylation sites (tertiary alicyclic amines) is 1. The molecule has 1 heterocycles. The molecule has 1 saturated heterocycles. The topological polar surface area (TPSA) is 32.7 Å². The van der Waals surface area contributed by atoms with Gasteiger partial charge in [-0.3, -0.25) is 4.90 Å². The summed E-state index contributed by atoms with van der Waals surface area (Å²) < 4.78 is 5.81. The van der Waals surface area contributed by atoms with E-state index < -0.39 is 0 Å². The number of rotatable bonds is 6. The van der Waals surface area contributed by atoms with Crippen LogP contribution in [0.1, 0.15) is 24.8 Å². The molecular weight excluding hydrogens is 274 g/mol. The summed E-state index contributed by atoms with van der Waals surface area (Å²) in [4.78, 5) is 2.52. The highest BCUT2D eigenvalue weighted by Crippen LogP contribution is 2.22. The van der Waals surface area contributed by atoms with Gasteiger partial charge >= 0.3 is 0 Å². The van der Waals surface area contributed by atoms with Crippen LogP contribution in [0.25, 0.3) is 10.8 Å². The van der Waals surface area contributed by atoms with Crippen molar-refractivity contribution in [3.05, 3.63) is 48.0 Å². The van der Waals surface area contributed by atoms with Crippen LogP contribution in [0.5, 0.6) is 0 Å². The molecule has 3 rings (SSSR count). The van der Waals surface area contributed by atoms with Crippen LogP contribution < -0.4 is 0 Å². The fourth-order valence-corrected chi connectivity index (χ4v) is 3.22. The minimum absolute atomic E-state index is 0.222. The first-order chi connectivity index (χ1) is 10.9. The Kier molecular flexibility index (Phi) is 5.43. The number of hydrogen-bond acceptors (Lipinski definition) is 3. The van der Waals surface area contributed by atoms with E-state index in [9.17, 15) is 0 Å². The number of ether oxygens (including phenoxy) is 1. The summed E-state index contributed by atoms with van der Waals surface area (Å²) in [6.07, 6.45) is 3.30. The maximum atomic E-state index is 8.80. The lowest BCUT2D eigenvalue weighted by Crippen LogP contribution is -2.36. The van der Waals surface area contributed by atoms with Crippen molar-refractivity contribution >= 4 is 10.8 Å². The average Bonchev–Trinajstić information content (AvgIpc) is 2.57. The first kappa shape index (κ1) is 15.5. The third kappa shape index (κ3) is 3.86. The number of aliphatic hydroxyl groups excluding tert-OH is 1. The smallest absolute Gasteiger partial charge is 0.0599 e. The molecule has 1 aliphatic rings. The Morgan fingerprint density at radius 2 is 1.82 bits per heavy atom. The molecule has 2 aromatic rings. The van der Waals surface area contributed by atoms with Gasteiger partial charge in [0.15, 0.2) is 0 Å². The molecule has 0 bridgehead atoms. The molecule has 0 unspecified atom stereocenters. The van der Waals surface area contributed by atoms with Crippen LogP contribution in [0.3, 0.4) is 0 Å². The van der Waals surface area contributed by atoms with E-state index in [0.717, 1.165) is 38.9 Å². The SMILES string of the molecule is OCCCOC1CCN(Cc2cccc3ccccc23)CC1. The fraction of sp³-hybridized carbons (Fsp3) is 0.474.